The van der Waals surface area contributed by atoms with Crippen molar-refractivity contribution >= 4 is 29.0 Å². The summed E-state index contributed by atoms with van der Waals surface area (Å²) < 4.78 is 0. The van der Waals surface area contributed by atoms with Crippen molar-refractivity contribution in [2.75, 3.05) is 0 Å². The minimum atomic E-state index is -0.428. The molecule has 18 heavy (non-hydrogen) atoms. The number of hydrogen-bond donors (Lipinski definition) is 1. The van der Waals surface area contributed by atoms with E-state index in [1.165, 1.54) is 0 Å². The van der Waals surface area contributed by atoms with E-state index in [2.05, 4.69) is 5.43 Å². The van der Waals surface area contributed by atoms with Crippen molar-refractivity contribution < 1.29 is 9.59 Å². The Balaban J connectivity index is 0.000000771. The van der Waals surface area contributed by atoms with E-state index in [9.17, 15) is 9.59 Å². The SMILES string of the molecule is CC.CC1C(=O)N(C(=O)c2ccccc2)NC1=S. The average molecular weight is 264 g/mol. The number of nitrogens with one attached hydrogen (secondary N) is 1. The highest BCUT2D eigenvalue weighted by molar-refractivity contribution is 7.80. The number of thiocarbonyl (C=S) groups is 1. The first-order valence-electron chi connectivity index (χ1n) is 5.85. The third-order valence-corrected chi connectivity index (χ3v) is 2.87. The predicted octanol–water partition coefficient (Wildman–Crippen LogP) is 2.16. The molecule has 0 spiro atoms. The van der Waals surface area contributed by atoms with Crippen molar-refractivity contribution in [3.05, 3.63) is 35.9 Å². The molecular weight excluding hydrogens is 248 g/mol. The van der Waals surface area contributed by atoms with Crippen molar-refractivity contribution in [1.82, 2.24) is 10.4 Å². The van der Waals surface area contributed by atoms with Gasteiger partial charge in [0.1, 0.15) is 4.99 Å². The van der Waals surface area contributed by atoms with Crippen LogP contribution in [-0.2, 0) is 4.79 Å². The molecular formula is C13H16N2O2S. The normalized spacial score (nSPS) is 17.9. The van der Waals surface area contributed by atoms with E-state index in [1.54, 1.807) is 31.2 Å². The molecule has 1 N–H and O–H groups in total. The third-order valence-electron chi connectivity index (χ3n) is 2.43. The molecule has 1 fully saturated rings. The molecule has 96 valence electrons. The summed E-state index contributed by atoms with van der Waals surface area (Å²) in [5, 5.41) is 0.975. The largest absolute Gasteiger partial charge is 0.281 e. The van der Waals surface area contributed by atoms with Gasteiger partial charge in [-0.05, 0) is 19.1 Å². The summed E-state index contributed by atoms with van der Waals surface area (Å²) in [5.74, 6) is -1.11. The fraction of sp³-hybridized carbons (Fsp3) is 0.308. The summed E-state index contributed by atoms with van der Waals surface area (Å²) in [7, 11) is 0. The summed E-state index contributed by atoms with van der Waals surface area (Å²) in [6.45, 7) is 5.68. The molecule has 0 bridgehead atoms. The molecule has 1 aromatic carbocycles. The van der Waals surface area contributed by atoms with Crippen LogP contribution in [0, 0.1) is 5.92 Å². The van der Waals surface area contributed by atoms with Crippen molar-refractivity contribution in [2.45, 2.75) is 20.8 Å². The van der Waals surface area contributed by atoms with Crippen LogP contribution >= 0.6 is 12.2 Å². The topological polar surface area (TPSA) is 49.4 Å². The third kappa shape index (κ3) is 2.73. The van der Waals surface area contributed by atoms with Gasteiger partial charge in [0, 0.05) is 5.56 Å². The second kappa shape index (κ2) is 6.26. The van der Waals surface area contributed by atoms with E-state index in [4.69, 9.17) is 12.2 Å². The maximum Gasteiger partial charge on any atom is 0.279 e. The quantitative estimate of drug-likeness (QED) is 0.624. The predicted molar refractivity (Wildman–Crippen MR) is 73.9 cm³/mol. The highest BCUT2D eigenvalue weighted by Crippen LogP contribution is 2.14. The van der Waals surface area contributed by atoms with Crippen molar-refractivity contribution in [1.29, 1.82) is 0 Å². The van der Waals surface area contributed by atoms with E-state index >= 15 is 0 Å². The Morgan fingerprint density at radius 2 is 1.83 bits per heavy atom. The Kier molecular flexibility index (Phi) is 4.97. The molecule has 2 amide bonds. The highest BCUT2D eigenvalue weighted by Gasteiger charge is 2.36. The van der Waals surface area contributed by atoms with Gasteiger partial charge in [0.05, 0.1) is 5.92 Å². The first-order valence-corrected chi connectivity index (χ1v) is 6.26. The van der Waals surface area contributed by atoms with Crippen LogP contribution in [0.25, 0.3) is 0 Å². The standard InChI is InChI=1S/C11H10N2O2S.C2H6/c1-7-9(16)12-13(10(7)14)11(15)8-5-3-2-4-6-8;1-2/h2-7H,1H3,(H,12,16);1-2H3. The number of amides is 2. The fourth-order valence-electron chi connectivity index (χ4n) is 1.43. The molecule has 0 saturated carbocycles. The Morgan fingerprint density at radius 3 is 2.28 bits per heavy atom. The maximum atomic E-state index is 11.9. The molecule has 0 aliphatic carbocycles. The summed E-state index contributed by atoms with van der Waals surface area (Å²) in [4.78, 5) is 24.0. The Labute approximate surface area is 112 Å². The molecule has 1 heterocycles. The summed E-state index contributed by atoms with van der Waals surface area (Å²) in [6.07, 6.45) is 0. The number of carbonyl (C=O) groups is 2. The summed E-state index contributed by atoms with van der Waals surface area (Å²) in [5.41, 5.74) is 3.08. The van der Waals surface area contributed by atoms with Crippen LogP contribution in [-0.4, -0.2) is 21.8 Å². The van der Waals surface area contributed by atoms with Crippen LogP contribution in [0.4, 0.5) is 0 Å². The van der Waals surface area contributed by atoms with E-state index in [-0.39, 0.29) is 11.8 Å². The van der Waals surface area contributed by atoms with Crippen LogP contribution in [0.1, 0.15) is 31.1 Å². The highest BCUT2D eigenvalue weighted by atomic mass is 32.1. The number of hydrazine groups is 1. The zero-order valence-corrected chi connectivity index (χ0v) is 11.5. The molecule has 0 aromatic heterocycles. The summed E-state index contributed by atoms with van der Waals surface area (Å²) in [6, 6.07) is 8.61. The number of nitrogens with zero attached hydrogens (tertiary/aromatic N) is 1. The second-order valence-electron chi connectivity index (χ2n) is 3.54. The fourth-order valence-corrected chi connectivity index (χ4v) is 1.62. The first-order chi connectivity index (χ1) is 8.61. The van der Waals surface area contributed by atoms with Gasteiger partial charge in [-0.25, -0.2) is 0 Å². The second-order valence-corrected chi connectivity index (χ2v) is 3.98. The molecule has 1 aliphatic heterocycles. The van der Waals surface area contributed by atoms with Crippen molar-refractivity contribution in [3.63, 3.8) is 0 Å². The van der Waals surface area contributed by atoms with Crippen LogP contribution in [0.15, 0.2) is 30.3 Å². The lowest BCUT2D eigenvalue weighted by molar-refractivity contribution is -0.129. The molecule has 0 radical (unpaired) electrons. The Bertz CT molecular complexity index is 459. The van der Waals surface area contributed by atoms with Gasteiger partial charge >= 0.3 is 0 Å². The Hall–Kier alpha value is -1.75. The maximum absolute atomic E-state index is 11.9. The molecule has 1 aromatic rings. The number of imide groups is 1. The lowest BCUT2D eigenvalue weighted by atomic mass is 10.1. The van der Waals surface area contributed by atoms with E-state index < -0.39 is 5.92 Å². The zero-order chi connectivity index (χ0) is 13.7. The van der Waals surface area contributed by atoms with Crippen molar-refractivity contribution in [2.24, 2.45) is 5.92 Å². The van der Waals surface area contributed by atoms with Gasteiger partial charge in [0.2, 0.25) is 0 Å². The number of rotatable bonds is 1. The van der Waals surface area contributed by atoms with Crippen LogP contribution in [0.3, 0.4) is 0 Å². The molecule has 1 aliphatic rings. The van der Waals surface area contributed by atoms with Crippen molar-refractivity contribution in [3.8, 4) is 0 Å². The number of benzene rings is 1. The molecule has 1 saturated heterocycles. The van der Waals surface area contributed by atoms with Gasteiger partial charge in [-0.1, -0.05) is 44.3 Å². The molecule has 1 unspecified atom stereocenters. The smallest absolute Gasteiger partial charge is 0.279 e. The van der Waals surface area contributed by atoms with Gasteiger partial charge in [0.25, 0.3) is 11.8 Å². The number of hydrogen-bond acceptors (Lipinski definition) is 3. The van der Waals surface area contributed by atoms with Gasteiger partial charge in [-0.3, -0.25) is 15.0 Å². The molecule has 4 nitrogen and oxygen atoms in total. The monoisotopic (exact) mass is 264 g/mol. The zero-order valence-electron chi connectivity index (χ0n) is 10.6. The first kappa shape index (κ1) is 14.3. The molecule has 2 rings (SSSR count). The van der Waals surface area contributed by atoms with E-state index in [0.29, 0.717) is 10.6 Å². The minimum absolute atomic E-state index is 0.307. The van der Waals surface area contributed by atoms with Gasteiger partial charge in [-0.15, -0.1) is 0 Å². The van der Waals surface area contributed by atoms with Gasteiger partial charge in [-0.2, -0.15) is 5.01 Å². The van der Waals surface area contributed by atoms with Gasteiger partial charge in [0.15, 0.2) is 0 Å². The van der Waals surface area contributed by atoms with Gasteiger partial charge < -0.3 is 0 Å². The average Bonchev–Trinajstić information content (AvgIpc) is 2.69. The number of carbonyl (C=O) groups excluding carboxylic acids is 2. The molecule has 5 heteroatoms. The van der Waals surface area contributed by atoms with E-state index in [1.807, 2.05) is 19.9 Å². The van der Waals surface area contributed by atoms with Crippen LogP contribution in [0.5, 0.6) is 0 Å². The summed E-state index contributed by atoms with van der Waals surface area (Å²) >= 11 is 4.94. The lowest BCUT2D eigenvalue weighted by Gasteiger charge is -2.13. The van der Waals surface area contributed by atoms with Crippen LogP contribution in [0.2, 0.25) is 0 Å². The molecule has 1 atom stereocenters. The Morgan fingerprint density at radius 1 is 1.28 bits per heavy atom. The minimum Gasteiger partial charge on any atom is -0.281 e. The van der Waals surface area contributed by atoms with Crippen LogP contribution < -0.4 is 5.43 Å². The lowest BCUT2D eigenvalue weighted by Crippen LogP contribution is -2.40. The van der Waals surface area contributed by atoms with E-state index in [0.717, 1.165) is 5.01 Å².